The molecule has 2 aliphatic carbocycles. The molecule has 0 unspecified atom stereocenters. The zero-order valence-electron chi connectivity index (χ0n) is 33.9. The molecule has 7 heteroatoms. The normalized spacial score (nSPS) is 17.9. The summed E-state index contributed by atoms with van der Waals surface area (Å²) in [7, 11) is -2.04. The SMILES string of the molecule is CCCCCCCC/C=C\CCC(=O)CCCCC(=O)OP1Oc2c(cc(C)cc2C2(C)CCCCC2)Cc2cc(C)cc(C3(C)CCCCC3)c2O1.[KH]. The van der Waals surface area contributed by atoms with Gasteiger partial charge in [-0.3, -0.25) is 9.59 Å². The van der Waals surface area contributed by atoms with Crippen LogP contribution in [0, 0.1) is 13.8 Å². The first-order chi connectivity index (χ1) is 25.6. The standard InChI is InChI=1S/C47H69O5P.K.H/c1-6-7-8-9-10-11-12-13-14-17-24-40(48)25-18-19-26-43(49)50-53-51-44-38(31-36(2)33-41(44)46(4)27-20-15-21-28-46)35-39-32-37(3)34-42(45(39)52-53)47(5)29-22-16-23-30-47;;/h13-14,31-34H,6-12,15-30,35H2,1-5H3;;/b14-13-;;. The molecule has 2 aromatic rings. The minimum absolute atomic E-state index is 0. The quantitative estimate of drug-likeness (QED) is 0.0652. The van der Waals surface area contributed by atoms with Crippen molar-refractivity contribution in [3.05, 3.63) is 69.8 Å². The number of Topliss-reactive ketones (excluding diaryl/α,β-unsaturated/α-hetero) is 1. The average Bonchev–Trinajstić information content (AvgIpc) is 3.12. The maximum absolute atomic E-state index is 13.5. The van der Waals surface area contributed by atoms with Crippen LogP contribution in [0.1, 0.15) is 202 Å². The predicted octanol–water partition coefficient (Wildman–Crippen LogP) is 13.4. The van der Waals surface area contributed by atoms with E-state index in [9.17, 15) is 9.59 Å². The average molecular weight is 785 g/mol. The van der Waals surface area contributed by atoms with Crippen LogP contribution in [0.25, 0.3) is 0 Å². The van der Waals surface area contributed by atoms with Crippen LogP contribution in [-0.2, 0) is 31.4 Å². The Kier molecular flexibility index (Phi) is 19.3. The zero-order valence-corrected chi connectivity index (χ0v) is 34.8. The Morgan fingerprint density at radius 2 is 1.17 bits per heavy atom. The molecule has 0 saturated heterocycles. The molecule has 0 bridgehead atoms. The van der Waals surface area contributed by atoms with Crippen LogP contribution in [0.3, 0.4) is 0 Å². The molecule has 1 aliphatic heterocycles. The van der Waals surface area contributed by atoms with E-state index in [0.717, 1.165) is 67.6 Å². The molecule has 2 aromatic carbocycles. The molecule has 0 aromatic heterocycles. The zero-order chi connectivity index (χ0) is 37.7. The number of hydrogen-bond donors (Lipinski definition) is 0. The van der Waals surface area contributed by atoms with Gasteiger partial charge in [0, 0.05) is 36.8 Å². The van der Waals surface area contributed by atoms with Gasteiger partial charge in [0.15, 0.2) is 0 Å². The summed E-state index contributed by atoms with van der Waals surface area (Å²) in [4.78, 5) is 26.1. The number of carbonyl (C=O) groups excluding carboxylic acids is 2. The van der Waals surface area contributed by atoms with Gasteiger partial charge in [-0.2, -0.15) is 0 Å². The maximum atomic E-state index is 13.5. The summed E-state index contributed by atoms with van der Waals surface area (Å²) in [5, 5.41) is 0. The summed E-state index contributed by atoms with van der Waals surface area (Å²) in [5.41, 5.74) is 7.25. The van der Waals surface area contributed by atoms with Gasteiger partial charge in [0.1, 0.15) is 17.3 Å². The number of allylic oxidation sites excluding steroid dienone is 2. The third-order valence-corrected chi connectivity index (χ3v) is 13.3. The first-order valence-corrected chi connectivity index (χ1v) is 22.5. The Morgan fingerprint density at radius 3 is 1.72 bits per heavy atom. The van der Waals surface area contributed by atoms with Crippen LogP contribution in [0.2, 0.25) is 0 Å². The Balaban J connectivity index is 0.00000650. The second-order valence-corrected chi connectivity index (χ2v) is 18.2. The number of unbranched alkanes of at least 4 members (excludes halogenated alkanes) is 7. The van der Waals surface area contributed by atoms with Crippen LogP contribution in [0.15, 0.2) is 36.4 Å². The van der Waals surface area contributed by atoms with E-state index in [-0.39, 0.29) is 80.4 Å². The number of fused-ring (bicyclic) bond motifs is 2. The number of rotatable bonds is 18. The second-order valence-electron chi connectivity index (χ2n) is 17.2. The molecule has 0 N–H and O–H groups in total. The van der Waals surface area contributed by atoms with E-state index in [1.54, 1.807) is 0 Å². The van der Waals surface area contributed by atoms with Crippen LogP contribution < -0.4 is 9.05 Å². The van der Waals surface area contributed by atoms with E-state index in [1.165, 1.54) is 99.3 Å². The molecule has 54 heavy (non-hydrogen) atoms. The van der Waals surface area contributed by atoms with E-state index in [0.29, 0.717) is 25.7 Å². The topological polar surface area (TPSA) is 61.8 Å². The molecule has 5 rings (SSSR count). The minimum atomic E-state index is -2.04. The van der Waals surface area contributed by atoms with Gasteiger partial charge in [-0.05, 0) is 93.6 Å². The predicted molar refractivity (Wildman–Crippen MR) is 227 cm³/mol. The summed E-state index contributed by atoms with van der Waals surface area (Å²) in [6, 6.07) is 9.13. The van der Waals surface area contributed by atoms with Crippen molar-refractivity contribution < 1.29 is 23.2 Å². The van der Waals surface area contributed by atoms with Crippen molar-refractivity contribution in [3.63, 3.8) is 0 Å². The van der Waals surface area contributed by atoms with Crippen molar-refractivity contribution in [1.29, 1.82) is 0 Å². The first-order valence-electron chi connectivity index (χ1n) is 21.4. The number of benzene rings is 2. The van der Waals surface area contributed by atoms with E-state index in [2.05, 4.69) is 71.0 Å². The molecule has 1 heterocycles. The summed E-state index contributed by atoms with van der Waals surface area (Å²) >= 11 is 0. The fraction of sp³-hybridized carbons (Fsp3) is 0.660. The molecule has 294 valence electrons. The van der Waals surface area contributed by atoms with Crippen LogP contribution in [-0.4, -0.2) is 63.1 Å². The van der Waals surface area contributed by atoms with Crippen LogP contribution in [0.5, 0.6) is 11.5 Å². The van der Waals surface area contributed by atoms with Gasteiger partial charge in [-0.25, -0.2) is 0 Å². The van der Waals surface area contributed by atoms with Crippen LogP contribution in [0.4, 0.5) is 0 Å². The molecular formula is C47H70KO5P. The fourth-order valence-electron chi connectivity index (χ4n) is 9.05. The summed E-state index contributed by atoms with van der Waals surface area (Å²) in [5.74, 6) is 1.65. The number of aryl methyl sites for hydroxylation is 2. The number of ketones is 1. The molecule has 0 amide bonds. The Morgan fingerprint density at radius 1 is 0.667 bits per heavy atom. The molecule has 2 saturated carbocycles. The van der Waals surface area contributed by atoms with E-state index in [4.69, 9.17) is 13.6 Å². The van der Waals surface area contributed by atoms with Gasteiger partial charge in [-0.15, -0.1) is 0 Å². The van der Waals surface area contributed by atoms with E-state index in [1.807, 2.05) is 0 Å². The van der Waals surface area contributed by atoms with Gasteiger partial charge in [-0.1, -0.05) is 139 Å². The number of hydrogen-bond acceptors (Lipinski definition) is 5. The first kappa shape index (κ1) is 45.7. The molecular weight excluding hydrogens is 715 g/mol. The monoisotopic (exact) mass is 784 g/mol. The fourth-order valence-corrected chi connectivity index (χ4v) is 10.2. The molecule has 5 nitrogen and oxygen atoms in total. The second kappa shape index (κ2) is 22.8. The Labute approximate surface area is 372 Å². The summed E-state index contributed by atoms with van der Waals surface area (Å²) in [6.45, 7) is 11.4. The van der Waals surface area contributed by atoms with Crippen molar-refractivity contribution in [3.8, 4) is 11.5 Å². The summed E-state index contributed by atoms with van der Waals surface area (Å²) < 4.78 is 19.9. The van der Waals surface area contributed by atoms with Gasteiger partial charge in [0.2, 0.25) is 0 Å². The molecule has 0 radical (unpaired) electrons. The molecule has 0 spiro atoms. The van der Waals surface area contributed by atoms with Gasteiger partial charge in [0.25, 0.3) is 0 Å². The van der Waals surface area contributed by atoms with E-state index < -0.39 is 8.60 Å². The van der Waals surface area contributed by atoms with Gasteiger partial charge < -0.3 is 13.6 Å². The van der Waals surface area contributed by atoms with Gasteiger partial charge >= 0.3 is 66.0 Å². The third-order valence-electron chi connectivity index (χ3n) is 12.3. The molecule has 3 aliphatic rings. The van der Waals surface area contributed by atoms with Crippen molar-refractivity contribution in [2.45, 2.75) is 200 Å². The van der Waals surface area contributed by atoms with Crippen LogP contribution >= 0.6 is 8.60 Å². The molecule has 0 atom stereocenters. The Bertz CT molecular complexity index is 1460. The Hall–Kier alpha value is -1.01. The number of carbonyl (C=O) groups is 2. The summed E-state index contributed by atoms with van der Waals surface area (Å²) in [6.07, 6.45) is 29.4. The molecule has 2 fully saturated rings. The van der Waals surface area contributed by atoms with Gasteiger partial charge in [0.05, 0.1) is 0 Å². The van der Waals surface area contributed by atoms with Crippen molar-refractivity contribution >= 4 is 71.7 Å². The van der Waals surface area contributed by atoms with Crippen molar-refractivity contribution in [2.75, 3.05) is 0 Å². The van der Waals surface area contributed by atoms with Crippen molar-refractivity contribution in [1.82, 2.24) is 0 Å². The third kappa shape index (κ3) is 13.3. The van der Waals surface area contributed by atoms with Crippen molar-refractivity contribution in [2.24, 2.45) is 0 Å². The van der Waals surface area contributed by atoms with E-state index >= 15 is 0 Å².